The fourth-order valence-corrected chi connectivity index (χ4v) is 15.2. The van der Waals surface area contributed by atoms with Crippen molar-refractivity contribution < 1.29 is 36.1 Å². The van der Waals surface area contributed by atoms with Crippen molar-refractivity contribution in [2.24, 2.45) is 5.92 Å². The molecule has 0 radical (unpaired) electrons. The maximum atomic E-state index is 13.8. The largest absolute Gasteiger partial charge is 0.516 e. The van der Waals surface area contributed by atoms with Crippen molar-refractivity contribution in [3.05, 3.63) is 0 Å². The molecular formula is C34H70O8S2Si2. The first kappa shape index (κ1) is 46.1. The molecule has 0 aliphatic heterocycles. The molecule has 0 bridgehead atoms. The Balaban J connectivity index is 7.29. The predicted molar refractivity (Wildman–Crippen MR) is 201 cm³/mol. The second-order valence-corrected chi connectivity index (χ2v) is 18.7. The number of hydrogen-bond donors (Lipinski definition) is 0. The summed E-state index contributed by atoms with van der Waals surface area (Å²) in [6, 6.07) is 0.596. The second-order valence-electron chi connectivity index (χ2n) is 11.4. The third-order valence-electron chi connectivity index (χ3n) is 8.19. The Morgan fingerprint density at radius 1 is 0.674 bits per heavy atom. The maximum Gasteiger partial charge on any atom is 0.516 e. The third-order valence-corrected chi connectivity index (χ3v) is 17.3. The molecule has 8 nitrogen and oxygen atoms in total. The SMILES string of the molecule is CCCCCCCC(=O)SC(CC[Si](OCC)(OCC)OCC)C(CCC)C(CC)(C(=S)OCCC)[Si](OCC)(OCC)OCC. The zero-order valence-electron chi connectivity index (χ0n) is 31.2. The van der Waals surface area contributed by atoms with E-state index in [0.717, 1.165) is 38.5 Å². The fourth-order valence-electron chi connectivity index (χ4n) is 6.36. The van der Waals surface area contributed by atoms with E-state index in [1.807, 2.05) is 41.5 Å². The number of rotatable bonds is 31. The summed E-state index contributed by atoms with van der Waals surface area (Å²) in [4.78, 5) is 13.8. The van der Waals surface area contributed by atoms with Gasteiger partial charge >= 0.3 is 17.6 Å². The van der Waals surface area contributed by atoms with Gasteiger partial charge in [0.15, 0.2) is 10.2 Å². The van der Waals surface area contributed by atoms with Crippen molar-refractivity contribution >= 4 is 51.8 Å². The molecule has 0 saturated carbocycles. The average molecular weight is 727 g/mol. The van der Waals surface area contributed by atoms with Crippen LogP contribution >= 0.6 is 24.0 Å². The number of hydrogen-bond acceptors (Lipinski definition) is 10. The first-order valence-electron chi connectivity index (χ1n) is 18.4. The summed E-state index contributed by atoms with van der Waals surface area (Å²) in [5, 5.41) is -0.284. The van der Waals surface area contributed by atoms with Gasteiger partial charge in [0.05, 0.1) is 6.61 Å². The number of thiocarbonyl (C=S) groups is 1. The monoisotopic (exact) mass is 726 g/mol. The van der Waals surface area contributed by atoms with E-state index < -0.39 is 22.6 Å². The number of ether oxygens (including phenoxy) is 1. The number of carbonyl (C=O) groups is 1. The van der Waals surface area contributed by atoms with Crippen LogP contribution in [0.2, 0.25) is 11.1 Å². The summed E-state index contributed by atoms with van der Waals surface area (Å²) in [5.41, 5.74) is 0. The summed E-state index contributed by atoms with van der Waals surface area (Å²) >= 11 is 7.73. The second kappa shape index (κ2) is 26.9. The molecule has 12 heteroatoms. The van der Waals surface area contributed by atoms with Crippen LogP contribution in [0.5, 0.6) is 0 Å². The van der Waals surface area contributed by atoms with Crippen LogP contribution in [0, 0.1) is 5.92 Å². The highest BCUT2D eigenvalue weighted by atomic mass is 32.2. The van der Waals surface area contributed by atoms with Gasteiger partial charge in [-0.3, -0.25) is 4.79 Å². The molecule has 274 valence electrons. The molecule has 0 rings (SSSR count). The number of unbranched alkanes of at least 4 members (excludes halogenated alkanes) is 4. The Bertz CT molecular complexity index is 760. The quantitative estimate of drug-likeness (QED) is 0.0391. The fraction of sp³-hybridized carbons (Fsp3) is 0.941. The number of carbonyl (C=O) groups excluding carboxylic acids is 1. The van der Waals surface area contributed by atoms with Crippen molar-refractivity contribution in [2.45, 2.75) is 156 Å². The summed E-state index contributed by atoms with van der Waals surface area (Å²) in [6.07, 6.45) is 9.86. The summed E-state index contributed by atoms with van der Waals surface area (Å²) in [6.45, 7) is 23.8. The van der Waals surface area contributed by atoms with Gasteiger partial charge in [0, 0.05) is 57.4 Å². The van der Waals surface area contributed by atoms with Crippen molar-refractivity contribution in [3.8, 4) is 0 Å². The van der Waals surface area contributed by atoms with Crippen LogP contribution in [0.25, 0.3) is 0 Å². The molecule has 0 N–H and O–H groups in total. The first-order valence-corrected chi connectivity index (χ1v) is 23.3. The molecule has 3 unspecified atom stereocenters. The molecule has 0 aliphatic carbocycles. The molecule has 0 saturated heterocycles. The zero-order valence-corrected chi connectivity index (χ0v) is 34.8. The first-order chi connectivity index (χ1) is 22.2. The van der Waals surface area contributed by atoms with Crippen LogP contribution < -0.4 is 0 Å². The van der Waals surface area contributed by atoms with Crippen LogP contribution in [-0.4, -0.2) is 79.3 Å². The third kappa shape index (κ3) is 14.1. The van der Waals surface area contributed by atoms with Crippen LogP contribution in [0.4, 0.5) is 0 Å². The molecular weight excluding hydrogens is 657 g/mol. The lowest BCUT2D eigenvalue weighted by Gasteiger charge is -2.50. The van der Waals surface area contributed by atoms with E-state index in [1.54, 1.807) is 0 Å². The molecule has 0 fully saturated rings. The Labute approximate surface area is 295 Å². The topological polar surface area (TPSA) is 81.7 Å². The van der Waals surface area contributed by atoms with Gasteiger partial charge in [-0.1, -0.05) is 71.6 Å². The molecule has 0 aromatic heterocycles. The van der Waals surface area contributed by atoms with E-state index in [0.29, 0.717) is 76.6 Å². The van der Waals surface area contributed by atoms with Crippen LogP contribution in [0.1, 0.15) is 140 Å². The highest BCUT2D eigenvalue weighted by Crippen LogP contribution is 2.57. The lowest BCUT2D eigenvalue weighted by atomic mass is 9.82. The van der Waals surface area contributed by atoms with E-state index in [1.165, 1.54) is 24.6 Å². The zero-order chi connectivity index (χ0) is 34.9. The maximum absolute atomic E-state index is 13.8. The Kier molecular flexibility index (Phi) is 27.0. The minimum Gasteiger partial charge on any atom is -0.486 e. The highest BCUT2D eigenvalue weighted by Gasteiger charge is 2.68. The molecule has 46 heavy (non-hydrogen) atoms. The van der Waals surface area contributed by atoms with Gasteiger partial charge in [-0.05, 0) is 91.8 Å². The van der Waals surface area contributed by atoms with Crippen LogP contribution in [0.3, 0.4) is 0 Å². The lowest BCUT2D eigenvalue weighted by molar-refractivity contribution is -0.111. The highest BCUT2D eigenvalue weighted by molar-refractivity contribution is 8.14. The standard InChI is InChI=1S/C34H70O8S2Si2/c1-11-21-22-23-24-26-32(35)44-31(27-29-45(37-15-5,38-16-6)39-17-7)30(25-12-2)34(14-4,33(43)36-28-13-3)46(40-18-8,41-19-9)42-20-10/h30-31H,11-29H2,1-10H3. The average Bonchev–Trinajstić information content (AvgIpc) is 3.02. The van der Waals surface area contributed by atoms with E-state index in [4.69, 9.17) is 43.5 Å². The van der Waals surface area contributed by atoms with Gasteiger partial charge in [0.25, 0.3) is 0 Å². The summed E-state index contributed by atoms with van der Waals surface area (Å²) in [7, 11) is -6.54. The molecule has 0 aliphatic rings. The normalized spacial score (nSPS) is 15.0. The van der Waals surface area contributed by atoms with Gasteiger partial charge in [-0.25, -0.2) is 0 Å². The smallest absolute Gasteiger partial charge is 0.486 e. The van der Waals surface area contributed by atoms with Gasteiger partial charge < -0.3 is 31.3 Å². The molecule has 0 aromatic carbocycles. The summed E-state index contributed by atoms with van der Waals surface area (Å²) in [5.74, 6) is -0.117. The van der Waals surface area contributed by atoms with E-state index in [2.05, 4.69) is 27.7 Å². The number of thioether (sulfide) groups is 1. The van der Waals surface area contributed by atoms with Crippen molar-refractivity contribution in [1.29, 1.82) is 0 Å². The Morgan fingerprint density at radius 3 is 1.63 bits per heavy atom. The predicted octanol–water partition coefficient (Wildman–Crippen LogP) is 9.78. The van der Waals surface area contributed by atoms with Crippen LogP contribution in [-0.2, 0) is 36.1 Å². The Morgan fingerprint density at radius 2 is 1.20 bits per heavy atom. The summed E-state index contributed by atoms with van der Waals surface area (Å²) < 4.78 is 45.3. The molecule has 0 amide bonds. The van der Waals surface area contributed by atoms with Crippen molar-refractivity contribution in [3.63, 3.8) is 0 Å². The minimum atomic E-state index is -3.54. The molecule has 3 atom stereocenters. The van der Waals surface area contributed by atoms with E-state index >= 15 is 0 Å². The minimum absolute atomic E-state index is 0.117. The van der Waals surface area contributed by atoms with Crippen molar-refractivity contribution in [1.82, 2.24) is 0 Å². The lowest BCUT2D eigenvalue weighted by Crippen LogP contribution is -2.63. The molecule has 0 spiro atoms. The van der Waals surface area contributed by atoms with Crippen LogP contribution in [0.15, 0.2) is 0 Å². The molecule has 0 heterocycles. The van der Waals surface area contributed by atoms with Gasteiger partial charge in [0.2, 0.25) is 0 Å². The van der Waals surface area contributed by atoms with Gasteiger partial charge in [0.1, 0.15) is 5.04 Å². The van der Waals surface area contributed by atoms with Gasteiger partial charge in [-0.2, -0.15) is 0 Å². The van der Waals surface area contributed by atoms with Crippen molar-refractivity contribution in [2.75, 3.05) is 46.2 Å². The van der Waals surface area contributed by atoms with Gasteiger partial charge in [-0.15, -0.1) is 0 Å². The molecule has 0 aromatic rings. The van der Waals surface area contributed by atoms with E-state index in [-0.39, 0.29) is 16.3 Å². The van der Waals surface area contributed by atoms with E-state index in [9.17, 15) is 4.79 Å². The Hall–Kier alpha value is 0.104.